The molecule has 2 aliphatic heterocycles. The Balaban J connectivity index is 1.41. The minimum Gasteiger partial charge on any atom is -0.351 e. The van der Waals surface area contributed by atoms with E-state index in [4.69, 9.17) is 5.73 Å². The minimum absolute atomic E-state index is 0.0166. The van der Waals surface area contributed by atoms with Gasteiger partial charge in [-0.1, -0.05) is 18.2 Å². The first kappa shape index (κ1) is 25.4. The molecular formula is C25H27N7O5S. The van der Waals surface area contributed by atoms with E-state index in [0.717, 1.165) is 17.0 Å². The maximum atomic E-state index is 13.8. The number of nitro benzene ring substituents is 1. The zero-order valence-corrected chi connectivity index (χ0v) is 21.4. The van der Waals surface area contributed by atoms with E-state index in [1.807, 2.05) is 9.95 Å². The molecule has 3 aromatic rings. The lowest BCUT2D eigenvalue weighted by Crippen LogP contribution is -2.54. The van der Waals surface area contributed by atoms with Gasteiger partial charge in [0.15, 0.2) is 0 Å². The molecule has 13 heteroatoms. The van der Waals surface area contributed by atoms with Gasteiger partial charge in [0.1, 0.15) is 6.04 Å². The number of aromatic nitrogens is 2. The van der Waals surface area contributed by atoms with Crippen LogP contribution in [-0.4, -0.2) is 79.2 Å². The van der Waals surface area contributed by atoms with Crippen molar-refractivity contribution in [2.75, 3.05) is 26.2 Å². The first-order valence-electron chi connectivity index (χ1n) is 12.3. The van der Waals surface area contributed by atoms with E-state index in [-0.39, 0.29) is 30.5 Å². The fourth-order valence-electron chi connectivity index (χ4n) is 4.97. The van der Waals surface area contributed by atoms with E-state index >= 15 is 0 Å². The Morgan fingerprint density at radius 2 is 1.82 bits per heavy atom. The van der Waals surface area contributed by atoms with E-state index < -0.39 is 17.0 Å². The number of fused-ring (bicyclic) bond motifs is 1. The molecule has 2 aromatic heterocycles. The molecule has 38 heavy (non-hydrogen) atoms. The highest BCUT2D eigenvalue weighted by atomic mass is 32.1. The second-order valence-electron chi connectivity index (χ2n) is 9.32. The summed E-state index contributed by atoms with van der Waals surface area (Å²) in [4.78, 5) is 59.5. The Kier molecular flexibility index (Phi) is 7.09. The first-order chi connectivity index (χ1) is 18.3. The molecule has 5 rings (SSSR count). The summed E-state index contributed by atoms with van der Waals surface area (Å²) in [6, 6.07) is 8.63. The molecule has 1 fully saturated rings. The zero-order chi connectivity index (χ0) is 26.8. The Bertz CT molecular complexity index is 1350. The lowest BCUT2D eigenvalue weighted by atomic mass is 10.00. The average Bonchev–Trinajstić information content (AvgIpc) is 3.51. The number of urea groups is 1. The highest BCUT2D eigenvalue weighted by molar-refractivity contribution is 7.12. The van der Waals surface area contributed by atoms with Gasteiger partial charge < -0.3 is 25.0 Å². The highest BCUT2D eigenvalue weighted by Crippen LogP contribution is 2.28. The second kappa shape index (κ2) is 10.6. The number of benzene rings is 1. The third-order valence-corrected chi connectivity index (χ3v) is 7.87. The van der Waals surface area contributed by atoms with Crippen LogP contribution in [0.3, 0.4) is 0 Å². The van der Waals surface area contributed by atoms with Gasteiger partial charge in [-0.25, -0.2) is 9.78 Å². The van der Waals surface area contributed by atoms with Crippen LogP contribution in [0.4, 0.5) is 10.5 Å². The summed E-state index contributed by atoms with van der Waals surface area (Å²) < 4.78 is 1.92. The molecule has 1 saturated heterocycles. The quantitative estimate of drug-likeness (QED) is 0.389. The number of nitrogens with zero attached hydrogens (tertiary/aromatic N) is 6. The molecule has 0 saturated carbocycles. The van der Waals surface area contributed by atoms with Gasteiger partial charge in [-0.2, -0.15) is 0 Å². The van der Waals surface area contributed by atoms with Crippen molar-refractivity contribution in [3.63, 3.8) is 0 Å². The Labute approximate surface area is 222 Å². The molecular weight excluding hydrogens is 510 g/mol. The molecule has 2 aliphatic rings. The van der Waals surface area contributed by atoms with Crippen molar-refractivity contribution in [2.24, 2.45) is 5.73 Å². The molecule has 12 nitrogen and oxygen atoms in total. The number of amides is 4. The summed E-state index contributed by atoms with van der Waals surface area (Å²) in [5.74, 6) is -0.391. The van der Waals surface area contributed by atoms with Crippen LogP contribution in [-0.2, 0) is 24.3 Å². The van der Waals surface area contributed by atoms with Crippen molar-refractivity contribution >= 4 is 34.9 Å². The minimum atomic E-state index is -0.722. The lowest BCUT2D eigenvalue weighted by molar-refractivity contribution is -0.384. The van der Waals surface area contributed by atoms with Gasteiger partial charge in [-0.3, -0.25) is 19.7 Å². The molecule has 0 spiro atoms. The van der Waals surface area contributed by atoms with Crippen LogP contribution in [0.15, 0.2) is 48.1 Å². The van der Waals surface area contributed by atoms with Crippen LogP contribution < -0.4 is 5.73 Å². The van der Waals surface area contributed by atoms with Crippen LogP contribution in [0, 0.1) is 10.1 Å². The number of rotatable bonds is 5. The normalized spacial score (nSPS) is 17.6. The topological polar surface area (TPSA) is 148 Å². The molecule has 0 aliphatic carbocycles. The number of hydrogen-bond acceptors (Lipinski definition) is 7. The van der Waals surface area contributed by atoms with Gasteiger partial charge in [0.2, 0.25) is 5.91 Å². The van der Waals surface area contributed by atoms with Crippen molar-refractivity contribution in [3.05, 3.63) is 80.0 Å². The number of hydrogen-bond donors (Lipinski definition) is 1. The molecule has 1 aromatic carbocycles. The average molecular weight is 538 g/mol. The van der Waals surface area contributed by atoms with E-state index in [2.05, 4.69) is 4.98 Å². The van der Waals surface area contributed by atoms with Crippen molar-refractivity contribution in [1.29, 1.82) is 0 Å². The maximum Gasteiger partial charge on any atom is 0.314 e. The van der Waals surface area contributed by atoms with Gasteiger partial charge >= 0.3 is 6.03 Å². The smallest absolute Gasteiger partial charge is 0.314 e. The predicted octanol–water partition coefficient (Wildman–Crippen LogP) is 2.08. The first-order valence-corrected chi connectivity index (χ1v) is 13.1. The molecule has 1 unspecified atom stereocenters. The summed E-state index contributed by atoms with van der Waals surface area (Å²) in [5, 5.41) is 12.8. The van der Waals surface area contributed by atoms with E-state index in [1.165, 1.54) is 28.4 Å². The summed E-state index contributed by atoms with van der Waals surface area (Å²) in [6.45, 7) is 2.29. The summed E-state index contributed by atoms with van der Waals surface area (Å²) in [7, 11) is 0. The fraction of sp³-hybridized carbons (Fsp3) is 0.360. The van der Waals surface area contributed by atoms with Gasteiger partial charge in [-0.15, -0.1) is 11.3 Å². The third kappa shape index (κ3) is 5.09. The molecule has 2 N–H and O–H groups in total. The Morgan fingerprint density at radius 3 is 2.50 bits per heavy atom. The summed E-state index contributed by atoms with van der Waals surface area (Å²) in [6.07, 6.45) is 2.56. The SMILES string of the molecule is NC(=O)N1CCCN(C(=O)C2Cc3ncn(Cc4ccc([N+](=O)[O-])cc4)c3CN2C(=O)c2cccs2)CC1. The zero-order valence-electron chi connectivity index (χ0n) is 20.6. The highest BCUT2D eigenvalue weighted by Gasteiger charge is 2.40. The van der Waals surface area contributed by atoms with Crippen molar-refractivity contribution in [1.82, 2.24) is 24.3 Å². The Morgan fingerprint density at radius 1 is 1.08 bits per heavy atom. The van der Waals surface area contributed by atoms with E-state index in [9.17, 15) is 24.5 Å². The third-order valence-electron chi connectivity index (χ3n) is 7.01. The maximum absolute atomic E-state index is 13.8. The predicted molar refractivity (Wildman–Crippen MR) is 138 cm³/mol. The number of non-ortho nitro benzene ring substituents is 1. The molecule has 0 radical (unpaired) electrons. The van der Waals surface area contributed by atoms with Crippen LogP contribution in [0.5, 0.6) is 0 Å². The van der Waals surface area contributed by atoms with Crippen molar-refractivity contribution in [3.8, 4) is 0 Å². The van der Waals surface area contributed by atoms with Crippen molar-refractivity contribution in [2.45, 2.75) is 32.0 Å². The van der Waals surface area contributed by atoms with Crippen LogP contribution in [0.2, 0.25) is 0 Å². The monoisotopic (exact) mass is 537 g/mol. The molecule has 0 bridgehead atoms. The van der Waals surface area contributed by atoms with Crippen molar-refractivity contribution < 1.29 is 19.3 Å². The fourth-order valence-corrected chi connectivity index (χ4v) is 5.65. The number of nitrogens with two attached hydrogens (primary N) is 1. The van der Waals surface area contributed by atoms with Crippen LogP contribution >= 0.6 is 11.3 Å². The van der Waals surface area contributed by atoms with Gasteiger partial charge in [0.25, 0.3) is 11.6 Å². The number of nitro groups is 1. The number of primary amides is 1. The van der Waals surface area contributed by atoms with Gasteiger partial charge in [0, 0.05) is 51.3 Å². The Hall–Kier alpha value is -4.26. The standard InChI is InChI=1S/C25H27N7O5S/c26-25(35)29-9-2-8-28(10-11-29)23(33)20-13-19-21(15-31(20)24(34)22-3-1-12-38-22)30(16-27-19)14-17-4-6-18(7-5-17)32(36)37/h1,3-7,12,16,20H,2,8-11,13-15H2,(H2,26,35). The number of carbonyl (C=O) groups is 3. The second-order valence-corrected chi connectivity index (χ2v) is 10.3. The molecule has 4 heterocycles. The van der Waals surface area contributed by atoms with E-state index in [0.29, 0.717) is 44.0 Å². The van der Waals surface area contributed by atoms with Gasteiger partial charge in [0.05, 0.1) is 34.1 Å². The molecule has 1 atom stereocenters. The number of thiophene rings is 1. The van der Waals surface area contributed by atoms with Crippen LogP contribution in [0.25, 0.3) is 0 Å². The summed E-state index contributed by atoms with van der Waals surface area (Å²) in [5.41, 5.74) is 7.88. The number of carbonyl (C=O) groups excluding carboxylic acids is 3. The molecule has 198 valence electrons. The number of imidazole rings is 1. The largest absolute Gasteiger partial charge is 0.351 e. The lowest BCUT2D eigenvalue weighted by Gasteiger charge is -2.37. The van der Waals surface area contributed by atoms with Gasteiger partial charge in [-0.05, 0) is 23.4 Å². The molecule has 4 amide bonds. The summed E-state index contributed by atoms with van der Waals surface area (Å²) >= 11 is 1.32. The van der Waals surface area contributed by atoms with Crippen LogP contribution in [0.1, 0.15) is 33.0 Å². The van der Waals surface area contributed by atoms with E-state index in [1.54, 1.807) is 40.4 Å².